The molecule has 1 aliphatic rings. The number of benzene rings is 1. The Hall–Kier alpha value is -2.47. The second-order valence-electron chi connectivity index (χ2n) is 7.98. The third-order valence-electron chi connectivity index (χ3n) is 5.43. The van der Waals surface area contributed by atoms with Crippen molar-refractivity contribution in [2.75, 3.05) is 25.0 Å². The zero-order valence-corrected chi connectivity index (χ0v) is 17.4. The largest absolute Gasteiger partial charge is 0.490 e. The minimum absolute atomic E-state index is 0.0487. The molecule has 0 aliphatic carbocycles. The molecule has 0 radical (unpaired) electrons. The first-order valence-electron chi connectivity index (χ1n) is 10.3. The van der Waals surface area contributed by atoms with E-state index in [1.54, 1.807) is 18.3 Å². The van der Waals surface area contributed by atoms with E-state index >= 15 is 0 Å². The van der Waals surface area contributed by atoms with Gasteiger partial charge in [-0.15, -0.1) is 0 Å². The van der Waals surface area contributed by atoms with E-state index in [-0.39, 0.29) is 11.5 Å². The summed E-state index contributed by atoms with van der Waals surface area (Å²) in [7, 11) is 0. The van der Waals surface area contributed by atoms with Crippen LogP contribution in [0.4, 0.5) is 10.2 Å². The number of aromatic nitrogens is 1. The van der Waals surface area contributed by atoms with E-state index in [0.29, 0.717) is 36.9 Å². The average molecular weight is 400 g/mol. The van der Waals surface area contributed by atoms with Crippen molar-refractivity contribution in [2.24, 2.45) is 5.92 Å². The van der Waals surface area contributed by atoms with Crippen molar-refractivity contribution in [2.45, 2.75) is 45.6 Å². The van der Waals surface area contributed by atoms with Gasteiger partial charge in [-0.2, -0.15) is 0 Å². The summed E-state index contributed by atoms with van der Waals surface area (Å²) in [5.41, 5.74) is 0.527. The number of carbonyl (C=O) groups excluding carboxylic acids is 1. The fourth-order valence-electron chi connectivity index (χ4n) is 3.59. The molecule has 2 aromatic rings. The van der Waals surface area contributed by atoms with Gasteiger partial charge in [0.1, 0.15) is 5.82 Å². The number of Topliss-reactive ketones (excluding diaryl/α,β-unsaturated/α-hetero) is 1. The van der Waals surface area contributed by atoms with E-state index in [0.717, 1.165) is 24.9 Å². The number of halogens is 1. The molecule has 0 amide bonds. The predicted molar refractivity (Wildman–Crippen MR) is 113 cm³/mol. The molecular formula is C23H30FN3O2. The highest BCUT2D eigenvalue weighted by atomic mass is 19.1. The first-order chi connectivity index (χ1) is 13.9. The zero-order valence-electron chi connectivity index (χ0n) is 17.4. The standard InChI is InChI=1S/C23H30FN3O2/c1-4-12-29-21-18(6-5-7-19(21)24)22(28)23(11-10-17(3)14-27-23)15-26-20-9-8-16(2)13-25-20/h5-9,13,17,27H,4,10-12,14-15H2,1-3H3,(H,25,26)/t17-,23-/m0/s1. The monoisotopic (exact) mass is 399 g/mol. The summed E-state index contributed by atoms with van der Waals surface area (Å²) in [5, 5.41) is 6.74. The van der Waals surface area contributed by atoms with Gasteiger partial charge in [0.2, 0.25) is 0 Å². The highest BCUT2D eigenvalue weighted by molar-refractivity contribution is 6.06. The topological polar surface area (TPSA) is 63.2 Å². The summed E-state index contributed by atoms with van der Waals surface area (Å²) >= 11 is 0. The Balaban J connectivity index is 1.89. The van der Waals surface area contributed by atoms with Crippen molar-refractivity contribution in [3.05, 3.63) is 53.5 Å². The Labute approximate surface area is 172 Å². The highest BCUT2D eigenvalue weighted by Crippen LogP contribution is 2.32. The normalized spacial score (nSPS) is 21.6. The van der Waals surface area contributed by atoms with Gasteiger partial charge in [-0.05, 0) is 62.4 Å². The second kappa shape index (κ2) is 9.35. The molecule has 0 saturated carbocycles. The number of piperidine rings is 1. The maximum Gasteiger partial charge on any atom is 0.188 e. The van der Waals surface area contributed by atoms with Gasteiger partial charge in [0.15, 0.2) is 17.3 Å². The van der Waals surface area contributed by atoms with E-state index in [4.69, 9.17) is 4.74 Å². The molecule has 1 saturated heterocycles. The van der Waals surface area contributed by atoms with Crippen molar-refractivity contribution < 1.29 is 13.9 Å². The summed E-state index contributed by atoms with van der Waals surface area (Å²) in [4.78, 5) is 18.0. The van der Waals surface area contributed by atoms with E-state index in [9.17, 15) is 9.18 Å². The van der Waals surface area contributed by atoms with Gasteiger partial charge in [0.25, 0.3) is 0 Å². The van der Waals surface area contributed by atoms with Crippen LogP contribution in [0.1, 0.15) is 49.0 Å². The molecular weight excluding hydrogens is 369 g/mol. The van der Waals surface area contributed by atoms with Crippen LogP contribution < -0.4 is 15.4 Å². The number of anilines is 1. The molecule has 6 heteroatoms. The Morgan fingerprint density at radius 1 is 1.38 bits per heavy atom. The number of para-hydroxylation sites is 1. The zero-order chi connectivity index (χ0) is 20.9. The van der Waals surface area contributed by atoms with Crippen LogP contribution in [-0.2, 0) is 0 Å². The van der Waals surface area contributed by atoms with Crippen molar-refractivity contribution in [3.63, 3.8) is 0 Å². The molecule has 1 aromatic heterocycles. The molecule has 1 fully saturated rings. The van der Waals surface area contributed by atoms with E-state index in [1.807, 2.05) is 26.0 Å². The third kappa shape index (κ3) is 4.93. The fourth-order valence-corrected chi connectivity index (χ4v) is 3.59. The SMILES string of the molecule is CCCOc1c(F)cccc1C(=O)[C@@]1(CNc2ccc(C)cn2)CC[C@H](C)CN1. The van der Waals surface area contributed by atoms with Crippen LogP contribution in [0.25, 0.3) is 0 Å². The summed E-state index contributed by atoms with van der Waals surface area (Å²) in [6.45, 7) is 7.56. The Morgan fingerprint density at radius 2 is 2.21 bits per heavy atom. The highest BCUT2D eigenvalue weighted by Gasteiger charge is 2.42. The van der Waals surface area contributed by atoms with Crippen molar-refractivity contribution >= 4 is 11.6 Å². The summed E-state index contributed by atoms with van der Waals surface area (Å²) in [6.07, 6.45) is 4.11. The average Bonchev–Trinajstić information content (AvgIpc) is 2.73. The van der Waals surface area contributed by atoms with Gasteiger partial charge in [0.05, 0.1) is 17.7 Å². The number of nitrogens with one attached hydrogen (secondary N) is 2. The Morgan fingerprint density at radius 3 is 2.86 bits per heavy atom. The first kappa shape index (κ1) is 21.2. The molecule has 3 rings (SSSR count). The van der Waals surface area contributed by atoms with Crippen LogP contribution in [0.5, 0.6) is 5.75 Å². The van der Waals surface area contributed by atoms with Crippen molar-refractivity contribution in [1.82, 2.24) is 10.3 Å². The van der Waals surface area contributed by atoms with Crippen molar-refractivity contribution in [1.29, 1.82) is 0 Å². The summed E-state index contributed by atoms with van der Waals surface area (Å²) < 4.78 is 20.1. The lowest BCUT2D eigenvalue weighted by molar-refractivity contribution is 0.0801. The summed E-state index contributed by atoms with van der Waals surface area (Å²) in [5.74, 6) is 0.598. The molecule has 156 valence electrons. The molecule has 2 atom stereocenters. The van der Waals surface area contributed by atoms with Crippen LogP contribution in [0.2, 0.25) is 0 Å². The van der Waals surface area contributed by atoms with Crippen LogP contribution >= 0.6 is 0 Å². The van der Waals surface area contributed by atoms with Crippen LogP contribution in [0.15, 0.2) is 36.5 Å². The number of hydrogen-bond acceptors (Lipinski definition) is 5. The van der Waals surface area contributed by atoms with Gasteiger partial charge >= 0.3 is 0 Å². The molecule has 0 unspecified atom stereocenters. The second-order valence-corrected chi connectivity index (χ2v) is 7.98. The van der Waals surface area contributed by atoms with Gasteiger partial charge in [-0.25, -0.2) is 9.37 Å². The number of pyridine rings is 1. The van der Waals surface area contributed by atoms with Crippen LogP contribution in [0.3, 0.4) is 0 Å². The number of nitrogens with zero attached hydrogens (tertiary/aromatic N) is 1. The lowest BCUT2D eigenvalue weighted by atomic mass is 9.79. The van der Waals surface area contributed by atoms with Crippen LogP contribution in [0, 0.1) is 18.7 Å². The minimum Gasteiger partial charge on any atom is -0.490 e. The molecule has 0 bridgehead atoms. The van der Waals surface area contributed by atoms with Gasteiger partial charge in [-0.1, -0.05) is 26.0 Å². The number of ether oxygens (including phenoxy) is 1. The number of ketones is 1. The van der Waals surface area contributed by atoms with Gasteiger partial charge in [-0.3, -0.25) is 4.79 Å². The molecule has 2 N–H and O–H groups in total. The van der Waals surface area contributed by atoms with Crippen molar-refractivity contribution in [3.8, 4) is 5.75 Å². The van der Waals surface area contributed by atoms with Gasteiger partial charge < -0.3 is 15.4 Å². The number of carbonyl (C=O) groups is 1. The number of aryl methyl sites for hydroxylation is 1. The molecule has 1 aromatic carbocycles. The number of rotatable bonds is 8. The molecule has 5 nitrogen and oxygen atoms in total. The van der Waals surface area contributed by atoms with Gasteiger partial charge in [0, 0.05) is 12.7 Å². The lowest BCUT2D eigenvalue weighted by Crippen LogP contribution is -2.60. The fraction of sp³-hybridized carbons (Fsp3) is 0.478. The maximum absolute atomic E-state index is 14.5. The van der Waals surface area contributed by atoms with E-state index < -0.39 is 11.4 Å². The third-order valence-corrected chi connectivity index (χ3v) is 5.43. The quantitative estimate of drug-likeness (QED) is 0.646. The minimum atomic E-state index is -0.836. The Kier molecular flexibility index (Phi) is 6.85. The summed E-state index contributed by atoms with van der Waals surface area (Å²) in [6, 6.07) is 8.43. The van der Waals surface area contributed by atoms with E-state index in [2.05, 4.69) is 22.5 Å². The smallest absolute Gasteiger partial charge is 0.188 e. The lowest BCUT2D eigenvalue weighted by Gasteiger charge is -2.40. The van der Waals surface area contributed by atoms with Crippen LogP contribution in [-0.4, -0.2) is 36.0 Å². The molecule has 2 heterocycles. The molecule has 29 heavy (non-hydrogen) atoms. The van der Waals surface area contributed by atoms with E-state index in [1.165, 1.54) is 6.07 Å². The molecule has 0 spiro atoms. The first-order valence-corrected chi connectivity index (χ1v) is 10.3. The predicted octanol–water partition coefficient (Wildman–Crippen LogP) is 4.37. The number of hydrogen-bond donors (Lipinski definition) is 2. The Bertz CT molecular complexity index is 831. The maximum atomic E-state index is 14.5. The molecule has 1 aliphatic heterocycles.